The highest BCUT2D eigenvalue weighted by Gasteiger charge is 2.33. The lowest BCUT2D eigenvalue weighted by Crippen LogP contribution is -2.40. The summed E-state index contributed by atoms with van der Waals surface area (Å²) in [6.45, 7) is 5.15. The van der Waals surface area contributed by atoms with Crippen LogP contribution in [0.15, 0.2) is 42.6 Å². The van der Waals surface area contributed by atoms with Crippen molar-refractivity contribution in [2.45, 2.75) is 51.0 Å². The van der Waals surface area contributed by atoms with Crippen LogP contribution in [0.1, 0.15) is 52.4 Å². The third kappa shape index (κ3) is 4.56. The van der Waals surface area contributed by atoms with E-state index in [1.54, 1.807) is 19.2 Å². The fourth-order valence-corrected chi connectivity index (χ4v) is 5.37. The number of nitrogens with zero attached hydrogens (tertiary/aromatic N) is 1. The van der Waals surface area contributed by atoms with E-state index in [0.29, 0.717) is 12.2 Å². The molecule has 7 nitrogen and oxygen atoms in total. The number of aromatic amines is 1. The first-order valence-corrected chi connectivity index (χ1v) is 12.0. The number of aryl methyl sites for hydroxylation is 1. The molecule has 1 unspecified atom stereocenters. The molecule has 0 bridgehead atoms. The lowest BCUT2D eigenvalue weighted by Gasteiger charge is -2.40. The molecule has 2 fully saturated rings. The Kier molecular flexibility index (Phi) is 6.59. The molecule has 0 radical (unpaired) electrons. The largest absolute Gasteiger partial charge is 0.496 e. The van der Waals surface area contributed by atoms with Gasteiger partial charge in [-0.05, 0) is 61.6 Å². The van der Waals surface area contributed by atoms with E-state index >= 15 is 0 Å². The molecule has 2 saturated heterocycles. The van der Waals surface area contributed by atoms with Gasteiger partial charge in [0, 0.05) is 48.4 Å². The van der Waals surface area contributed by atoms with Gasteiger partial charge in [0.05, 0.1) is 31.5 Å². The molecule has 2 N–H and O–H groups in total. The van der Waals surface area contributed by atoms with Gasteiger partial charge >= 0.3 is 5.97 Å². The molecule has 3 heterocycles. The number of nitrogens with one attached hydrogen (secondary N) is 1. The lowest BCUT2D eigenvalue weighted by atomic mass is 9.91. The third-order valence-electron chi connectivity index (χ3n) is 7.17. The van der Waals surface area contributed by atoms with Crippen LogP contribution in [0.4, 0.5) is 0 Å². The van der Waals surface area contributed by atoms with Crippen LogP contribution < -0.4 is 4.74 Å². The molecule has 3 atom stereocenters. The number of hydrogen-bond donors (Lipinski definition) is 2. The molecule has 34 heavy (non-hydrogen) atoms. The van der Waals surface area contributed by atoms with Crippen molar-refractivity contribution in [3.05, 3.63) is 64.8 Å². The van der Waals surface area contributed by atoms with E-state index in [0.717, 1.165) is 61.4 Å². The van der Waals surface area contributed by atoms with Gasteiger partial charge in [0.25, 0.3) is 0 Å². The van der Waals surface area contributed by atoms with E-state index < -0.39 is 5.97 Å². The number of likely N-dealkylation sites (tertiary alicyclic amines) is 1. The summed E-state index contributed by atoms with van der Waals surface area (Å²) in [7, 11) is 1.72. The van der Waals surface area contributed by atoms with Crippen molar-refractivity contribution < 1.29 is 24.1 Å². The lowest BCUT2D eigenvalue weighted by molar-refractivity contribution is -0.0608. The van der Waals surface area contributed by atoms with Crippen LogP contribution in [0.25, 0.3) is 10.9 Å². The highest BCUT2D eigenvalue weighted by molar-refractivity contribution is 5.88. The maximum Gasteiger partial charge on any atom is 0.335 e. The van der Waals surface area contributed by atoms with Crippen LogP contribution in [0.5, 0.6) is 5.75 Å². The van der Waals surface area contributed by atoms with Crippen LogP contribution in [0, 0.1) is 6.92 Å². The van der Waals surface area contributed by atoms with E-state index in [1.807, 2.05) is 18.3 Å². The molecule has 0 saturated carbocycles. The second kappa shape index (κ2) is 9.78. The zero-order valence-electron chi connectivity index (χ0n) is 19.8. The first-order chi connectivity index (χ1) is 16.5. The van der Waals surface area contributed by atoms with E-state index in [1.165, 1.54) is 10.9 Å². The van der Waals surface area contributed by atoms with Gasteiger partial charge in [0.1, 0.15) is 5.75 Å². The van der Waals surface area contributed by atoms with Gasteiger partial charge in [0.15, 0.2) is 0 Å². The highest BCUT2D eigenvalue weighted by atomic mass is 16.5. The number of benzene rings is 2. The number of carboxylic acid groups (broad SMARTS) is 1. The monoisotopic (exact) mass is 464 g/mol. The van der Waals surface area contributed by atoms with Crippen molar-refractivity contribution in [2.24, 2.45) is 0 Å². The summed E-state index contributed by atoms with van der Waals surface area (Å²) in [5.41, 5.74) is 4.87. The van der Waals surface area contributed by atoms with Crippen molar-refractivity contribution in [1.82, 2.24) is 9.88 Å². The van der Waals surface area contributed by atoms with E-state index in [2.05, 4.69) is 28.9 Å². The Balaban J connectivity index is 1.45. The van der Waals surface area contributed by atoms with Crippen LogP contribution in [-0.4, -0.2) is 60.0 Å². The Morgan fingerprint density at radius 2 is 2.03 bits per heavy atom. The minimum Gasteiger partial charge on any atom is -0.496 e. The smallest absolute Gasteiger partial charge is 0.335 e. The number of carbonyl (C=O) groups is 1. The van der Waals surface area contributed by atoms with Gasteiger partial charge < -0.3 is 24.3 Å². The molecular formula is C27H32N2O5. The van der Waals surface area contributed by atoms with Gasteiger partial charge in [-0.15, -0.1) is 0 Å². The normalized spacial score (nSPS) is 23.4. The number of carboxylic acids is 1. The molecule has 0 amide bonds. The Morgan fingerprint density at radius 3 is 2.74 bits per heavy atom. The zero-order valence-corrected chi connectivity index (χ0v) is 19.8. The molecule has 5 rings (SSSR count). The van der Waals surface area contributed by atoms with Gasteiger partial charge in [-0.25, -0.2) is 4.79 Å². The minimum atomic E-state index is -0.909. The van der Waals surface area contributed by atoms with Crippen LogP contribution in [-0.2, 0) is 16.0 Å². The summed E-state index contributed by atoms with van der Waals surface area (Å²) in [5, 5.41) is 10.5. The van der Waals surface area contributed by atoms with Crippen LogP contribution in [0.3, 0.4) is 0 Å². The number of aromatic carboxylic acids is 1. The molecule has 180 valence electrons. The Bertz CT molecular complexity index is 1150. The van der Waals surface area contributed by atoms with Gasteiger partial charge in [-0.1, -0.05) is 12.1 Å². The summed E-state index contributed by atoms with van der Waals surface area (Å²) in [5.74, 6) is -0.0141. The van der Waals surface area contributed by atoms with E-state index in [-0.39, 0.29) is 18.2 Å². The summed E-state index contributed by atoms with van der Waals surface area (Å²) >= 11 is 0. The standard InChI is InChI=1S/C27H32N2O5/c1-17-13-25(32-2)23(22-7-10-28-26(17)22)15-29-11-8-20(34-21-9-12-33-16-21)14-24(29)18-3-5-19(6-4-18)27(30)31/h3-7,10,13,20-21,24,28H,8-9,11-12,14-16H2,1-2H3,(H,30,31)/t20-,21?,24+/m1/s1. The maximum absolute atomic E-state index is 11.4. The summed E-state index contributed by atoms with van der Waals surface area (Å²) in [4.78, 5) is 17.2. The van der Waals surface area contributed by atoms with Crippen LogP contribution in [0.2, 0.25) is 0 Å². The fraction of sp³-hybridized carbons (Fsp3) is 0.444. The highest BCUT2D eigenvalue weighted by Crippen LogP contribution is 2.38. The Hall–Kier alpha value is -2.87. The quantitative estimate of drug-likeness (QED) is 0.528. The Labute approximate surface area is 199 Å². The van der Waals surface area contributed by atoms with Crippen molar-refractivity contribution in [2.75, 3.05) is 26.9 Å². The number of piperidine rings is 1. The van der Waals surface area contributed by atoms with Gasteiger partial charge in [0.2, 0.25) is 0 Å². The van der Waals surface area contributed by atoms with Crippen LogP contribution >= 0.6 is 0 Å². The molecule has 2 aromatic carbocycles. The first-order valence-electron chi connectivity index (χ1n) is 12.0. The number of ether oxygens (including phenoxy) is 3. The SMILES string of the molecule is COc1cc(C)c2[nH]ccc2c1CN1CC[C@@H](OC2CCOC2)C[C@H]1c1ccc(C(=O)O)cc1. The Morgan fingerprint density at radius 1 is 1.21 bits per heavy atom. The topological polar surface area (TPSA) is 84.0 Å². The predicted octanol–water partition coefficient (Wildman–Crippen LogP) is 4.69. The summed E-state index contributed by atoms with van der Waals surface area (Å²) in [6.07, 6.45) is 5.05. The molecule has 1 aromatic heterocycles. The molecule has 3 aromatic rings. The predicted molar refractivity (Wildman–Crippen MR) is 129 cm³/mol. The summed E-state index contributed by atoms with van der Waals surface area (Å²) in [6, 6.07) is 11.6. The second-order valence-electron chi connectivity index (χ2n) is 9.32. The number of aromatic nitrogens is 1. The first kappa shape index (κ1) is 22.9. The number of methoxy groups -OCH3 is 1. The molecule has 2 aliphatic rings. The second-order valence-corrected chi connectivity index (χ2v) is 9.32. The van der Waals surface area contributed by atoms with Crippen molar-refractivity contribution in [3.8, 4) is 5.75 Å². The zero-order chi connectivity index (χ0) is 23.7. The summed E-state index contributed by atoms with van der Waals surface area (Å²) < 4.78 is 17.7. The fourth-order valence-electron chi connectivity index (χ4n) is 5.37. The minimum absolute atomic E-state index is 0.115. The molecule has 7 heteroatoms. The maximum atomic E-state index is 11.4. The number of rotatable bonds is 7. The van der Waals surface area contributed by atoms with Crippen molar-refractivity contribution in [3.63, 3.8) is 0 Å². The molecular weight excluding hydrogens is 432 g/mol. The number of hydrogen-bond acceptors (Lipinski definition) is 5. The van der Waals surface area contributed by atoms with Crippen molar-refractivity contribution >= 4 is 16.9 Å². The third-order valence-corrected chi connectivity index (χ3v) is 7.17. The molecule has 2 aliphatic heterocycles. The molecule has 0 spiro atoms. The van der Waals surface area contributed by atoms with Gasteiger partial charge in [-0.3, -0.25) is 4.90 Å². The van der Waals surface area contributed by atoms with Crippen molar-refractivity contribution in [1.29, 1.82) is 0 Å². The average molecular weight is 465 g/mol. The molecule has 0 aliphatic carbocycles. The average Bonchev–Trinajstić information content (AvgIpc) is 3.54. The number of fused-ring (bicyclic) bond motifs is 1. The van der Waals surface area contributed by atoms with Gasteiger partial charge in [-0.2, -0.15) is 0 Å². The van der Waals surface area contributed by atoms with E-state index in [4.69, 9.17) is 14.2 Å². The van der Waals surface area contributed by atoms with E-state index in [9.17, 15) is 9.90 Å². The number of H-pyrrole nitrogens is 1.